The molecule has 0 bridgehead atoms. The third-order valence-corrected chi connectivity index (χ3v) is 4.73. The SMILES string of the molecule is CC(NCCCN1CCCCC1)c1ccc(Cl)c(Cl)c1. The van der Waals surface area contributed by atoms with Gasteiger partial charge in [-0.1, -0.05) is 35.7 Å². The first-order valence-corrected chi connectivity index (χ1v) is 8.33. The van der Waals surface area contributed by atoms with E-state index < -0.39 is 0 Å². The second-order valence-corrected chi connectivity index (χ2v) is 6.42. The number of piperidine rings is 1. The summed E-state index contributed by atoms with van der Waals surface area (Å²) < 4.78 is 0. The molecule has 0 aliphatic carbocycles. The molecule has 0 radical (unpaired) electrons. The number of hydrogen-bond acceptors (Lipinski definition) is 2. The van der Waals surface area contributed by atoms with Crippen molar-refractivity contribution in [1.29, 1.82) is 0 Å². The summed E-state index contributed by atoms with van der Waals surface area (Å²) in [5, 5.41) is 4.81. The summed E-state index contributed by atoms with van der Waals surface area (Å²) in [5.74, 6) is 0. The van der Waals surface area contributed by atoms with Crippen molar-refractivity contribution in [3.63, 3.8) is 0 Å². The topological polar surface area (TPSA) is 15.3 Å². The van der Waals surface area contributed by atoms with Crippen LogP contribution in [0.3, 0.4) is 0 Å². The van der Waals surface area contributed by atoms with Gasteiger partial charge >= 0.3 is 0 Å². The van der Waals surface area contributed by atoms with Crippen LogP contribution in [0.2, 0.25) is 10.0 Å². The van der Waals surface area contributed by atoms with Gasteiger partial charge in [-0.15, -0.1) is 0 Å². The fourth-order valence-corrected chi connectivity index (χ4v) is 3.01. The Kier molecular flexibility index (Phi) is 6.63. The number of rotatable bonds is 6. The van der Waals surface area contributed by atoms with Crippen molar-refractivity contribution < 1.29 is 0 Å². The molecule has 2 rings (SSSR count). The van der Waals surface area contributed by atoms with Gasteiger partial charge in [-0.2, -0.15) is 0 Å². The molecule has 2 nitrogen and oxygen atoms in total. The van der Waals surface area contributed by atoms with Crippen LogP contribution in [0.4, 0.5) is 0 Å². The van der Waals surface area contributed by atoms with Crippen LogP contribution in [0.25, 0.3) is 0 Å². The molecule has 1 atom stereocenters. The molecule has 0 spiro atoms. The Bertz CT molecular complexity index is 417. The van der Waals surface area contributed by atoms with Crippen molar-refractivity contribution in [2.24, 2.45) is 0 Å². The maximum absolute atomic E-state index is 6.05. The van der Waals surface area contributed by atoms with Crippen LogP contribution >= 0.6 is 23.2 Å². The number of likely N-dealkylation sites (tertiary alicyclic amines) is 1. The minimum atomic E-state index is 0.311. The second-order valence-electron chi connectivity index (χ2n) is 5.61. The van der Waals surface area contributed by atoms with Crippen LogP contribution in [-0.4, -0.2) is 31.1 Å². The van der Waals surface area contributed by atoms with Gasteiger partial charge < -0.3 is 10.2 Å². The van der Waals surface area contributed by atoms with Gasteiger partial charge in [-0.3, -0.25) is 0 Å². The lowest BCUT2D eigenvalue weighted by molar-refractivity contribution is 0.225. The molecule has 0 saturated carbocycles. The first kappa shape index (κ1) is 16.1. The summed E-state index contributed by atoms with van der Waals surface area (Å²) in [6.07, 6.45) is 5.34. The van der Waals surface area contributed by atoms with Crippen molar-refractivity contribution in [2.75, 3.05) is 26.2 Å². The van der Waals surface area contributed by atoms with Gasteiger partial charge in [0, 0.05) is 6.04 Å². The number of nitrogens with one attached hydrogen (secondary N) is 1. The lowest BCUT2D eigenvalue weighted by Crippen LogP contribution is -2.32. The molecule has 4 heteroatoms. The van der Waals surface area contributed by atoms with Gasteiger partial charge in [-0.25, -0.2) is 0 Å². The molecule has 0 aromatic heterocycles. The summed E-state index contributed by atoms with van der Waals surface area (Å²) in [6, 6.07) is 6.17. The summed E-state index contributed by atoms with van der Waals surface area (Å²) >= 11 is 12.0. The first-order valence-electron chi connectivity index (χ1n) is 7.57. The molecule has 1 fully saturated rings. The highest BCUT2D eigenvalue weighted by molar-refractivity contribution is 6.42. The van der Waals surface area contributed by atoms with Crippen LogP contribution in [0, 0.1) is 0 Å². The Morgan fingerprint density at radius 3 is 2.60 bits per heavy atom. The van der Waals surface area contributed by atoms with Crippen molar-refractivity contribution in [2.45, 2.75) is 38.6 Å². The standard InChI is InChI=1S/C16H24Cl2N2/c1-13(14-6-7-15(17)16(18)12-14)19-8-5-11-20-9-3-2-4-10-20/h6-7,12-13,19H,2-5,8-11H2,1H3. The molecule has 1 aromatic rings. The predicted molar refractivity (Wildman–Crippen MR) is 87.8 cm³/mol. The Hall–Kier alpha value is -0.280. The number of nitrogens with zero attached hydrogens (tertiary/aromatic N) is 1. The molecule has 1 aliphatic heterocycles. The van der Waals surface area contributed by atoms with E-state index in [4.69, 9.17) is 23.2 Å². The Labute approximate surface area is 132 Å². The highest BCUT2D eigenvalue weighted by Crippen LogP contribution is 2.25. The molecule has 1 unspecified atom stereocenters. The van der Waals surface area contributed by atoms with Crippen molar-refractivity contribution >= 4 is 23.2 Å². The van der Waals surface area contributed by atoms with E-state index in [1.165, 1.54) is 50.9 Å². The first-order chi connectivity index (χ1) is 9.66. The molecular formula is C16H24Cl2N2. The van der Waals surface area contributed by atoms with Gasteiger partial charge in [0.05, 0.1) is 10.0 Å². The van der Waals surface area contributed by atoms with E-state index in [2.05, 4.69) is 17.1 Å². The summed E-state index contributed by atoms with van der Waals surface area (Å²) in [4.78, 5) is 2.58. The lowest BCUT2D eigenvalue weighted by Gasteiger charge is -2.26. The third kappa shape index (κ3) is 4.92. The van der Waals surface area contributed by atoms with E-state index in [0.717, 1.165) is 6.54 Å². The molecule has 1 aromatic carbocycles. The van der Waals surface area contributed by atoms with Gasteiger partial charge in [0.2, 0.25) is 0 Å². The van der Waals surface area contributed by atoms with E-state index in [-0.39, 0.29) is 0 Å². The minimum absolute atomic E-state index is 0.311. The van der Waals surface area contributed by atoms with Crippen LogP contribution in [0.5, 0.6) is 0 Å². The van der Waals surface area contributed by atoms with Crippen molar-refractivity contribution in [3.8, 4) is 0 Å². The maximum Gasteiger partial charge on any atom is 0.0595 e. The molecule has 1 heterocycles. The van der Waals surface area contributed by atoms with Gasteiger partial charge in [0.15, 0.2) is 0 Å². The van der Waals surface area contributed by atoms with Gasteiger partial charge in [0.25, 0.3) is 0 Å². The quantitative estimate of drug-likeness (QED) is 0.777. The molecular weight excluding hydrogens is 291 g/mol. The Morgan fingerprint density at radius 1 is 1.15 bits per heavy atom. The zero-order chi connectivity index (χ0) is 14.4. The molecule has 1 aliphatic rings. The highest BCUT2D eigenvalue weighted by Gasteiger charge is 2.10. The second kappa shape index (κ2) is 8.23. The van der Waals surface area contributed by atoms with Gasteiger partial charge in [0.1, 0.15) is 0 Å². The van der Waals surface area contributed by atoms with Crippen LogP contribution in [0.1, 0.15) is 44.2 Å². The fraction of sp³-hybridized carbons (Fsp3) is 0.625. The number of halogens is 2. The third-order valence-electron chi connectivity index (χ3n) is 3.99. The van der Waals surface area contributed by atoms with E-state index in [1.54, 1.807) is 0 Å². The smallest absolute Gasteiger partial charge is 0.0595 e. The summed E-state index contributed by atoms with van der Waals surface area (Å²) in [5.41, 5.74) is 1.19. The zero-order valence-electron chi connectivity index (χ0n) is 12.2. The number of hydrogen-bond donors (Lipinski definition) is 1. The van der Waals surface area contributed by atoms with Crippen LogP contribution in [-0.2, 0) is 0 Å². The molecule has 1 N–H and O–H groups in total. The van der Waals surface area contributed by atoms with E-state index in [9.17, 15) is 0 Å². The van der Waals surface area contributed by atoms with Crippen molar-refractivity contribution in [1.82, 2.24) is 10.2 Å². The molecule has 112 valence electrons. The summed E-state index contributed by atoms with van der Waals surface area (Å²) in [6.45, 7) is 6.98. The monoisotopic (exact) mass is 314 g/mol. The van der Waals surface area contributed by atoms with E-state index in [0.29, 0.717) is 16.1 Å². The zero-order valence-corrected chi connectivity index (χ0v) is 13.7. The fourth-order valence-electron chi connectivity index (χ4n) is 2.70. The average Bonchev–Trinajstić information content (AvgIpc) is 2.47. The molecule has 0 amide bonds. The predicted octanol–water partition coefficient (Wildman–Crippen LogP) is 4.52. The molecule has 20 heavy (non-hydrogen) atoms. The largest absolute Gasteiger partial charge is 0.310 e. The normalized spacial score (nSPS) is 18.1. The van der Waals surface area contributed by atoms with E-state index >= 15 is 0 Å². The number of benzene rings is 1. The summed E-state index contributed by atoms with van der Waals surface area (Å²) in [7, 11) is 0. The van der Waals surface area contributed by atoms with Crippen LogP contribution < -0.4 is 5.32 Å². The Balaban J connectivity index is 1.69. The minimum Gasteiger partial charge on any atom is -0.310 e. The molecule has 1 saturated heterocycles. The lowest BCUT2D eigenvalue weighted by atomic mass is 10.1. The van der Waals surface area contributed by atoms with Gasteiger partial charge in [-0.05, 0) is 70.1 Å². The van der Waals surface area contributed by atoms with Crippen LogP contribution in [0.15, 0.2) is 18.2 Å². The van der Waals surface area contributed by atoms with Crippen molar-refractivity contribution in [3.05, 3.63) is 33.8 Å². The van der Waals surface area contributed by atoms with E-state index in [1.807, 2.05) is 18.2 Å². The highest BCUT2D eigenvalue weighted by atomic mass is 35.5. The average molecular weight is 315 g/mol. The Morgan fingerprint density at radius 2 is 1.90 bits per heavy atom. The maximum atomic E-state index is 6.05.